The molecule has 0 saturated carbocycles. The number of carbonyl (C=O) groups is 1. The molecule has 1 heterocycles. The summed E-state index contributed by atoms with van der Waals surface area (Å²) in [5.41, 5.74) is 1.14. The third kappa shape index (κ3) is 6.38. The van der Waals surface area contributed by atoms with Crippen LogP contribution in [0.4, 0.5) is 0 Å². The van der Waals surface area contributed by atoms with Crippen LogP contribution in [0.5, 0.6) is 11.5 Å². The molecule has 1 aromatic heterocycles. The maximum atomic E-state index is 12.5. The van der Waals surface area contributed by atoms with Gasteiger partial charge < -0.3 is 19.4 Å². The van der Waals surface area contributed by atoms with E-state index in [1.165, 1.54) is 11.8 Å². The lowest BCUT2D eigenvalue weighted by atomic mass is 10.1. The maximum absolute atomic E-state index is 12.5. The molecule has 1 N–H and O–H groups in total. The van der Waals surface area contributed by atoms with Crippen LogP contribution in [0.15, 0.2) is 53.7 Å². The predicted octanol–water partition coefficient (Wildman–Crippen LogP) is 3.90. The molecule has 0 aliphatic carbocycles. The van der Waals surface area contributed by atoms with Gasteiger partial charge in [-0.15, -0.1) is 10.2 Å². The summed E-state index contributed by atoms with van der Waals surface area (Å²) < 4.78 is 12.7. The van der Waals surface area contributed by atoms with Gasteiger partial charge in [0.25, 0.3) is 0 Å². The molecule has 0 fully saturated rings. The molecule has 0 radical (unpaired) electrons. The van der Waals surface area contributed by atoms with E-state index < -0.39 is 0 Å². The fourth-order valence-corrected chi connectivity index (χ4v) is 3.80. The van der Waals surface area contributed by atoms with E-state index in [-0.39, 0.29) is 17.8 Å². The number of carbonyl (C=O) groups excluding carboxylic acids is 1. The molecule has 3 rings (SSSR count). The van der Waals surface area contributed by atoms with Gasteiger partial charge in [-0.2, -0.15) is 0 Å². The van der Waals surface area contributed by atoms with Crippen LogP contribution >= 0.6 is 23.4 Å². The Labute approximate surface area is 191 Å². The van der Waals surface area contributed by atoms with E-state index >= 15 is 0 Å². The number of hydrogen-bond acceptors (Lipinski definition) is 6. The van der Waals surface area contributed by atoms with Gasteiger partial charge in [0.05, 0.1) is 17.4 Å². The molecule has 0 bridgehead atoms. The van der Waals surface area contributed by atoms with Crippen molar-refractivity contribution in [1.82, 2.24) is 20.1 Å². The Morgan fingerprint density at radius 2 is 1.94 bits per heavy atom. The SMILES string of the molecule is COc1ccc(CCNC(=O)C(C)Sc2nnc(COc3ccccc3Cl)n2C)cc1. The molecule has 0 aliphatic rings. The van der Waals surface area contributed by atoms with E-state index in [2.05, 4.69) is 15.5 Å². The molecule has 164 valence electrons. The van der Waals surface area contributed by atoms with Gasteiger partial charge >= 0.3 is 0 Å². The van der Waals surface area contributed by atoms with Gasteiger partial charge in [-0.3, -0.25) is 4.79 Å². The Kier molecular flexibility index (Phi) is 8.20. The van der Waals surface area contributed by atoms with Crippen molar-refractivity contribution in [1.29, 1.82) is 0 Å². The van der Waals surface area contributed by atoms with Gasteiger partial charge in [0, 0.05) is 13.6 Å². The second kappa shape index (κ2) is 11.1. The van der Waals surface area contributed by atoms with Crippen LogP contribution in [0.1, 0.15) is 18.3 Å². The zero-order chi connectivity index (χ0) is 22.2. The Bertz CT molecular complexity index is 1010. The molecular formula is C22H25ClN4O3S. The van der Waals surface area contributed by atoms with Crippen molar-refractivity contribution in [3.8, 4) is 11.5 Å². The Morgan fingerprint density at radius 3 is 2.65 bits per heavy atom. The highest BCUT2D eigenvalue weighted by Crippen LogP contribution is 2.25. The fourth-order valence-electron chi connectivity index (χ4n) is 2.76. The molecule has 1 amide bonds. The van der Waals surface area contributed by atoms with Gasteiger partial charge in [0.2, 0.25) is 5.91 Å². The number of halogens is 1. The largest absolute Gasteiger partial charge is 0.497 e. The number of aromatic nitrogens is 3. The zero-order valence-electron chi connectivity index (χ0n) is 17.7. The van der Waals surface area contributed by atoms with Gasteiger partial charge in [-0.1, -0.05) is 47.6 Å². The summed E-state index contributed by atoms with van der Waals surface area (Å²) in [6, 6.07) is 15.1. The van der Waals surface area contributed by atoms with E-state index in [1.54, 1.807) is 19.2 Å². The third-order valence-electron chi connectivity index (χ3n) is 4.64. The molecule has 0 aliphatic heterocycles. The first-order valence-electron chi connectivity index (χ1n) is 9.81. The average Bonchev–Trinajstić information content (AvgIpc) is 3.12. The Morgan fingerprint density at radius 1 is 1.19 bits per heavy atom. The summed E-state index contributed by atoms with van der Waals surface area (Å²) in [6.07, 6.45) is 0.751. The van der Waals surface area contributed by atoms with Crippen molar-refractivity contribution in [2.24, 2.45) is 7.05 Å². The monoisotopic (exact) mass is 460 g/mol. The molecule has 9 heteroatoms. The van der Waals surface area contributed by atoms with Crippen LogP contribution in [-0.4, -0.2) is 39.6 Å². The van der Waals surface area contributed by atoms with Gasteiger partial charge in [-0.05, 0) is 43.2 Å². The summed E-state index contributed by atoms with van der Waals surface area (Å²) in [5, 5.41) is 12.2. The van der Waals surface area contributed by atoms with Crippen molar-refractivity contribution in [2.45, 2.75) is 30.4 Å². The van der Waals surface area contributed by atoms with Crippen LogP contribution in [-0.2, 0) is 24.9 Å². The topological polar surface area (TPSA) is 78.3 Å². The molecule has 31 heavy (non-hydrogen) atoms. The van der Waals surface area contributed by atoms with E-state index in [0.29, 0.717) is 28.3 Å². The third-order valence-corrected chi connectivity index (χ3v) is 6.09. The van der Waals surface area contributed by atoms with Crippen LogP contribution < -0.4 is 14.8 Å². The second-order valence-electron chi connectivity index (χ2n) is 6.83. The summed E-state index contributed by atoms with van der Waals surface area (Å²) in [6.45, 7) is 2.64. The number of hydrogen-bond donors (Lipinski definition) is 1. The lowest BCUT2D eigenvalue weighted by Gasteiger charge is -2.12. The first-order chi connectivity index (χ1) is 15.0. The predicted molar refractivity (Wildman–Crippen MR) is 122 cm³/mol. The van der Waals surface area contributed by atoms with Crippen molar-refractivity contribution >= 4 is 29.3 Å². The molecule has 1 unspecified atom stereocenters. The summed E-state index contributed by atoms with van der Waals surface area (Å²) in [7, 11) is 3.49. The van der Waals surface area contributed by atoms with Crippen molar-refractivity contribution in [3.63, 3.8) is 0 Å². The highest BCUT2D eigenvalue weighted by Gasteiger charge is 2.19. The van der Waals surface area contributed by atoms with Crippen LogP contribution in [0.3, 0.4) is 0 Å². The first-order valence-corrected chi connectivity index (χ1v) is 11.1. The molecule has 2 aromatic carbocycles. The lowest BCUT2D eigenvalue weighted by molar-refractivity contribution is -0.120. The maximum Gasteiger partial charge on any atom is 0.233 e. The zero-order valence-corrected chi connectivity index (χ0v) is 19.2. The van der Waals surface area contributed by atoms with Crippen LogP contribution in [0, 0.1) is 0 Å². The van der Waals surface area contributed by atoms with Crippen molar-refractivity contribution < 1.29 is 14.3 Å². The summed E-state index contributed by atoms with van der Waals surface area (Å²) in [5.74, 6) is 2.01. The number of para-hydroxylation sites is 1. The molecule has 0 spiro atoms. The van der Waals surface area contributed by atoms with Crippen LogP contribution in [0.25, 0.3) is 0 Å². The number of amides is 1. The number of ether oxygens (including phenoxy) is 2. The number of benzene rings is 2. The van der Waals surface area contributed by atoms with E-state index in [4.69, 9.17) is 21.1 Å². The Balaban J connectivity index is 1.47. The smallest absolute Gasteiger partial charge is 0.233 e. The second-order valence-corrected chi connectivity index (χ2v) is 8.54. The van der Waals surface area contributed by atoms with Gasteiger partial charge in [0.1, 0.15) is 18.1 Å². The number of nitrogens with one attached hydrogen (secondary N) is 1. The number of thioether (sulfide) groups is 1. The number of methoxy groups -OCH3 is 1. The van der Waals surface area contributed by atoms with Gasteiger partial charge in [-0.25, -0.2) is 0 Å². The molecule has 7 nitrogen and oxygen atoms in total. The van der Waals surface area contributed by atoms with Crippen molar-refractivity contribution in [2.75, 3.05) is 13.7 Å². The van der Waals surface area contributed by atoms with Crippen LogP contribution in [0.2, 0.25) is 5.02 Å². The minimum absolute atomic E-state index is 0.0459. The standard InChI is InChI=1S/C22H25ClN4O3S/c1-15(21(28)24-13-12-16-8-10-17(29-3)11-9-16)31-22-26-25-20(27(22)2)14-30-19-7-5-4-6-18(19)23/h4-11,15H,12-14H2,1-3H3,(H,24,28). The Hall–Kier alpha value is -2.71. The molecule has 0 saturated heterocycles. The number of rotatable bonds is 10. The summed E-state index contributed by atoms with van der Waals surface area (Å²) in [4.78, 5) is 12.5. The normalized spacial score (nSPS) is 11.7. The quantitative estimate of drug-likeness (QED) is 0.462. The van der Waals surface area contributed by atoms with Crippen molar-refractivity contribution in [3.05, 3.63) is 64.9 Å². The minimum atomic E-state index is -0.309. The molecular weight excluding hydrogens is 436 g/mol. The van der Waals surface area contributed by atoms with E-state index in [9.17, 15) is 4.79 Å². The first kappa shape index (κ1) is 23.0. The van der Waals surface area contributed by atoms with E-state index in [0.717, 1.165) is 17.7 Å². The van der Waals surface area contributed by atoms with E-state index in [1.807, 2.05) is 54.9 Å². The summed E-state index contributed by atoms with van der Waals surface area (Å²) >= 11 is 7.47. The molecule has 3 aromatic rings. The highest BCUT2D eigenvalue weighted by atomic mass is 35.5. The molecule has 1 atom stereocenters. The number of nitrogens with zero attached hydrogens (tertiary/aromatic N) is 3. The van der Waals surface area contributed by atoms with Gasteiger partial charge in [0.15, 0.2) is 11.0 Å². The minimum Gasteiger partial charge on any atom is -0.497 e. The fraction of sp³-hybridized carbons (Fsp3) is 0.318. The lowest BCUT2D eigenvalue weighted by Crippen LogP contribution is -2.32. The highest BCUT2D eigenvalue weighted by molar-refractivity contribution is 8.00. The average molecular weight is 461 g/mol.